The van der Waals surface area contributed by atoms with E-state index in [-0.39, 0.29) is 27.9 Å². The van der Waals surface area contributed by atoms with E-state index >= 15 is 0 Å². The third-order valence-corrected chi connectivity index (χ3v) is 4.26. The van der Waals surface area contributed by atoms with Gasteiger partial charge in [0.15, 0.2) is 5.11 Å². The second kappa shape index (κ2) is 7.00. The Morgan fingerprint density at radius 2 is 2.04 bits per heavy atom. The van der Waals surface area contributed by atoms with E-state index in [0.29, 0.717) is 11.3 Å². The van der Waals surface area contributed by atoms with Crippen molar-refractivity contribution in [3.05, 3.63) is 51.8 Å². The van der Waals surface area contributed by atoms with Crippen LogP contribution in [-0.2, 0) is 9.59 Å². The zero-order valence-corrected chi connectivity index (χ0v) is 15.0. The zero-order valence-electron chi connectivity index (χ0n) is 14.2. The normalized spacial score (nSPS) is 15.9. The summed E-state index contributed by atoms with van der Waals surface area (Å²) in [7, 11) is 2.84. The number of amides is 2. The molecule has 1 aliphatic heterocycles. The monoisotopic (exact) mass is 387 g/mol. The van der Waals surface area contributed by atoms with Crippen molar-refractivity contribution in [2.75, 3.05) is 14.2 Å². The average molecular weight is 387 g/mol. The summed E-state index contributed by atoms with van der Waals surface area (Å²) in [5.74, 6) is -0.288. The van der Waals surface area contributed by atoms with Gasteiger partial charge in [0.2, 0.25) is 0 Å². The minimum atomic E-state index is -0.617. The van der Waals surface area contributed by atoms with Gasteiger partial charge in [0, 0.05) is 13.1 Å². The van der Waals surface area contributed by atoms with Crippen LogP contribution in [0.15, 0.2) is 40.3 Å². The summed E-state index contributed by atoms with van der Waals surface area (Å²) in [6, 6.07) is 7.28. The molecule has 1 saturated heterocycles. The largest absolute Gasteiger partial charge is 0.496 e. The number of ether oxygens (including phenoxy) is 1. The van der Waals surface area contributed by atoms with Gasteiger partial charge in [-0.3, -0.25) is 29.9 Å². The van der Waals surface area contributed by atoms with Crippen LogP contribution in [0.25, 0.3) is 17.4 Å². The summed E-state index contributed by atoms with van der Waals surface area (Å²) in [5, 5.41) is 13.3. The van der Waals surface area contributed by atoms with Gasteiger partial charge in [-0.25, -0.2) is 0 Å². The van der Waals surface area contributed by atoms with Gasteiger partial charge in [-0.15, -0.1) is 0 Å². The smallest absolute Gasteiger partial charge is 0.273 e. The topological polar surface area (TPSA) is 115 Å². The first kappa shape index (κ1) is 18.3. The Hall–Kier alpha value is -3.53. The SMILES string of the molecule is COc1cc([N+](=O)[O-])ccc1-c1ccc(/C=C2/C(=O)NC(=S)N(C)C2=O)o1. The summed E-state index contributed by atoms with van der Waals surface area (Å²) < 4.78 is 10.9. The Balaban J connectivity index is 1.96. The lowest BCUT2D eigenvalue weighted by molar-refractivity contribution is -0.384. The molecular formula is C17H13N3O6S. The van der Waals surface area contributed by atoms with Crippen molar-refractivity contribution in [2.45, 2.75) is 0 Å². The number of nitro benzene ring substituents is 1. The highest BCUT2D eigenvalue weighted by atomic mass is 32.1. The van der Waals surface area contributed by atoms with E-state index in [1.54, 1.807) is 12.1 Å². The highest BCUT2D eigenvalue weighted by Gasteiger charge is 2.31. The highest BCUT2D eigenvalue weighted by molar-refractivity contribution is 7.80. The number of nitrogens with zero attached hydrogens (tertiary/aromatic N) is 2. The maximum Gasteiger partial charge on any atom is 0.273 e. The molecule has 0 unspecified atom stereocenters. The standard InChI is InChI=1S/C17H13N3O6S/c1-19-16(22)12(15(21)18-17(19)27)8-10-4-6-13(26-10)11-5-3-9(20(23)24)7-14(11)25-2/h3-8H,1-2H3,(H,18,21,27)/b12-8-. The average Bonchev–Trinajstić information content (AvgIpc) is 3.11. The quantitative estimate of drug-likeness (QED) is 0.281. The first-order valence-electron chi connectivity index (χ1n) is 7.59. The number of hydrogen-bond acceptors (Lipinski definition) is 7. The predicted molar refractivity (Wildman–Crippen MR) is 98.8 cm³/mol. The molecule has 0 atom stereocenters. The number of carbonyl (C=O) groups excluding carboxylic acids is 2. The molecule has 0 aliphatic carbocycles. The fraction of sp³-hybridized carbons (Fsp3) is 0.118. The highest BCUT2D eigenvalue weighted by Crippen LogP contribution is 2.34. The van der Waals surface area contributed by atoms with Gasteiger partial charge < -0.3 is 9.15 Å². The molecule has 1 aromatic heterocycles. The molecule has 2 amide bonds. The van der Waals surface area contributed by atoms with E-state index in [9.17, 15) is 19.7 Å². The lowest BCUT2D eigenvalue weighted by atomic mass is 10.1. The lowest BCUT2D eigenvalue weighted by Gasteiger charge is -2.24. The molecule has 27 heavy (non-hydrogen) atoms. The van der Waals surface area contributed by atoms with Gasteiger partial charge in [-0.1, -0.05) is 0 Å². The minimum Gasteiger partial charge on any atom is -0.496 e. The van der Waals surface area contributed by atoms with Gasteiger partial charge in [-0.2, -0.15) is 0 Å². The molecular weight excluding hydrogens is 374 g/mol. The third kappa shape index (κ3) is 3.42. The van der Waals surface area contributed by atoms with E-state index in [0.717, 1.165) is 4.90 Å². The molecule has 1 fully saturated rings. The van der Waals surface area contributed by atoms with Crippen LogP contribution in [0, 0.1) is 10.1 Å². The van der Waals surface area contributed by atoms with Gasteiger partial charge in [0.05, 0.1) is 23.7 Å². The summed E-state index contributed by atoms with van der Waals surface area (Å²) in [6.45, 7) is 0. The number of hydrogen-bond donors (Lipinski definition) is 1. The van der Waals surface area contributed by atoms with Crippen molar-refractivity contribution < 1.29 is 23.7 Å². The number of carbonyl (C=O) groups is 2. The molecule has 2 heterocycles. The van der Waals surface area contributed by atoms with Crippen molar-refractivity contribution in [2.24, 2.45) is 0 Å². The number of methoxy groups -OCH3 is 1. The van der Waals surface area contributed by atoms with Gasteiger partial charge >= 0.3 is 0 Å². The fourth-order valence-corrected chi connectivity index (χ4v) is 2.64. The molecule has 0 bridgehead atoms. The second-order valence-electron chi connectivity index (χ2n) is 5.53. The zero-order chi connectivity index (χ0) is 19.7. The van der Waals surface area contributed by atoms with Crippen LogP contribution in [-0.4, -0.2) is 40.9 Å². The Labute approximate surface area is 158 Å². The number of likely N-dealkylation sites (N-methyl/N-ethyl adjacent to an activating group) is 1. The van der Waals surface area contributed by atoms with Crippen molar-refractivity contribution >= 4 is 40.9 Å². The van der Waals surface area contributed by atoms with E-state index < -0.39 is 16.7 Å². The summed E-state index contributed by atoms with van der Waals surface area (Å²) in [4.78, 5) is 35.7. The molecule has 0 saturated carbocycles. The summed E-state index contributed by atoms with van der Waals surface area (Å²) >= 11 is 4.89. The first-order valence-corrected chi connectivity index (χ1v) is 8.00. The van der Waals surface area contributed by atoms with Crippen molar-refractivity contribution in [3.63, 3.8) is 0 Å². The summed E-state index contributed by atoms with van der Waals surface area (Å²) in [5.41, 5.74) is 0.251. The molecule has 1 aliphatic rings. The van der Waals surface area contributed by atoms with Crippen LogP contribution in [0.3, 0.4) is 0 Å². The van der Waals surface area contributed by atoms with Crippen LogP contribution in [0.2, 0.25) is 0 Å². The molecule has 0 spiro atoms. The van der Waals surface area contributed by atoms with Crippen LogP contribution in [0.1, 0.15) is 5.76 Å². The van der Waals surface area contributed by atoms with E-state index in [1.807, 2.05) is 0 Å². The maximum absolute atomic E-state index is 12.2. The van der Waals surface area contributed by atoms with E-state index in [1.165, 1.54) is 38.4 Å². The molecule has 3 rings (SSSR count). The fourth-order valence-electron chi connectivity index (χ4n) is 2.46. The van der Waals surface area contributed by atoms with Crippen molar-refractivity contribution in [1.82, 2.24) is 10.2 Å². The molecule has 10 heteroatoms. The van der Waals surface area contributed by atoms with E-state index in [2.05, 4.69) is 5.32 Å². The predicted octanol–water partition coefficient (Wildman–Crippen LogP) is 2.12. The number of thiocarbonyl (C=S) groups is 1. The number of furan rings is 1. The number of nitrogens with one attached hydrogen (secondary N) is 1. The molecule has 1 N–H and O–H groups in total. The first-order chi connectivity index (χ1) is 12.8. The van der Waals surface area contributed by atoms with Crippen molar-refractivity contribution in [1.29, 1.82) is 0 Å². The van der Waals surface area contributed by atoms with E-state index in [4.69, 9.17) is 21.4 Å². The molecule has 9 nitrogen and oxygen atoms in total. The number of rotatable bonds is 4. The lowest BCUT2D eigenvalue weighted by Crippen LogP contribution is -2.52. The molecule has 138 valence electrons. The van der Waals surface area contributed by atoms with Crippen LogP contribution >= 0.6 is 12.2 Å². The number of benzene rings is 1. The molecule has 0 radical (unpaired) electrons. The van der Waals surface area contributed by atoms with Crippen molar-refractivity contribution in [3.8, 4) is 17.1 Å². The molecule has 2 aromatic rings. The summed E-state index contributed by atoms with van der Waals surface area (Å²) in [6.07, 6.45) is 1.30. The second-order valence-corrected chi connectivity index (χ2v) is 5.91. The van der Waals surface area contributed by atoms with Crippen LogP contribution in [0.5, 0.6) is 5.75 Å². The van der Waals surface area contributed by atoms with Crippen LogP contribution < -0.4 is 10.1 Å². The molecule has 1 aromatic carbocycles. The third-order valence-electron chi connectivity index (χ3n) is 3.88. The Morgan fingerprint density at radius 3 is 2.70 bits per heavy atom. The minimum absolute atomic E-state index is 0.0258. The Kier molecular flexibility index (Phi) is 4.74. The van der Waals surface area contributed by atoms with Gasteiger partial charge in [0.25, 0.3) is 17.5 Å². The maximum atomic E-state index is 12.2. The number of non-ortho nitro benzene ring substituents is 1. The Bertz CT molecular complexity index is 1010. The van der Waals surface area contributed by atoms with Gasteiger partial charge in [0.1, 0.15) is 22.8 Å². The van der Waals surface area contributed by atoms with Gasteiger partial charge in [-0.05, 0) is 36.5 Å². The number of nitro groups is 1. The van der Waals surface area contributed by atoms with Crippen LogP contribution in [0.4, 0.5) is 5.69 Å². The Morgan fingerprint density at radius 1 is 1.30 bits per heavy atom.